The lowest BCUT2D eigenvalue weighted by atomic mass is 10.1. The van der Waals surface area contributed by atoms with E-state index in [0.29, 0.717) is 6.54 Å². The average molecular weight is 312 g/mol. The van der Waals surface area contributed by atoms with Gasteiger partial charge in [-0.2, -0.15) is 0 Å². The molecule has 0 spiro atoms. The third-order valence-corrected chi connectivity index (χ3v) is 3.82. The molecule has 3 aromatic rings. The number of methoxy groups -OCH3 is 2. The zero-order valence-electron chi connectivity index (χ0n) is 13.8. The van der Waals surface area contributed by atoms with E-state index in [1.165, 1.54) is 0 Å². The Bertz CT molecular complexity index is 820. The maximum absolute atomic E-state index is 5.48. The van der Waals surface area contributed by atoms with Crippen molar-refractivity contribution in [3.63, 3.8) is 0 Å². The van der Waals surface area contributed by atoms with Gasteiger partial charge < -0.3 is 19.4 Å². The van der Waals surface area contributed by atoms with Crippen LogP contribution in [0.4, 0.5) is 5.82 Å². The fraction of sp³-hybridized carbons (Fsp3) is 0.294. The SMILES string of the molecule is CNc1nc(C)nc2ccn(Cc3c(OC)cccc3OC)c12. The molecule has 120 valence electrons. The molecule has 1 N–H and O–H groups in total. The van der Waals surface area contributed by atoms with Crippen LogP contribution in [0.15, 0.2) is 30.5 Å². The Morgan fingerprint density at radius 2 is 1.78 bits per heavy atom. The molecule has 0 fully saturated rings. The first kappa shape index (κ1) is 15.1. The Kier molecular flexibility index (Phi) is 4.06. The number of benzene rings is 1. The van der Waals surface area contributed by atoms with Crippen LogP contribution in [0.25, 0.3) is 11.0 Å². The van der Waals surface area contributed by atoms with Crippen LogP contribution in [0.2, 0.25) is 0 Å². The van der Waals surface area contributed by atoms with Gasteiger partial charge in [0.15, 0.2) is 5.82 Å². The molecular formula is C17H20N4O2. The quantitative estimate of drug-likeness (QED) is 0.785. The zero-order valence-corrected chi connectivity index (χ0v) is 13.8. The van der Waals surface area contributed by atoms with Gasteiger partial charge in [0.25, 0.3) is 0 Å². The fourth-order valence-electron chi connectivity index (χ4n) is 2.78. The van der Waals surface area contributed by atoms with E-state index in [2.05, 4.69) is 19.9 Å². The summed E-state index contributed by atoms with van der Waals surface area (Å²) in [5, 5.41) is 3.15. The van der Waals surface area contributed by atoms with Crippen LogP contribution in [0.1, 0.15) is 11.4 Å². The first-order valence-electron chi connectivity index (χ1n) is 7.39. The predicted octanol–water partition coefficient (Wildman–Crippen LogP) is 2.85. The number of ether oxygens (including phenoxy) is 2. The highest BCUT2D eigenvalue weighted by atomic mass is 16.5. The fourth-order valence-corrected chi connectivity index (χ4v) is 2.78. The lowest BCUT2D eigenvalue weighted by molar-refractivity contribution is 0.383. The van der Waals surface area contributed by atoms with Crippen molar-refractivity contribution < 1.29 is 9.47 Å². The lowest BCUT2D eigenvalue weighted by Crippen LogP contribution is -2.06. The number of hydrogen-bond acceptors (Lipinski definition) is 5. The van der Waals surface area contributed by atoms with E-state index in [0.717, 1.165) is 39.7 Å². The molecule has 6 nitrogen and oxygen atoms in total. The van der Waals surface area contributed by atoms with Gasteiger partial charge in [-0.25, -0.2) is 9.97 Å². The molecule has 0 saturated carbocycles. The molecule has 0 aliphatic heterocycles. The highest BCUT2D eigenvalue weighted by Gasteiger charge is 2.15. The minimum absolute atomic E-state index is 0.609. The molecule has 0 bridgehead atoms. The Morgan fingerprint density at radius 1 is 1.09 bits per heavy atom. The normalized spacial score (nSPS) is 10.8. The second-order valence-electron chi connectivity index (χ2n) is 5.19. The van der Waals surface area contributed by atoms with Gasteiger partial charge in [0.1, 0.15) is 22.8 Å². The highest BCUT2D eigenvalue weighted by molar-refractivity contribution is 5.86. The third kappa shape index (κ3) is 2.67. The average Bonchev–Trinajstić information content (AvgIpc) is 2.96. The lowest BCUT2D eigenvalue weighted by Gasteiger charge is -2.15. The minimum Gasteiger partial charge on any atom is -0.496 e. The van der Waals surface area contributed by atoms with Crippen LogP contribution in [0.5, 0.6) is 11.5 Å². The van der Waals surface area contributed by atoms with Crippen molar-refractivity contribution in [1.82, 2.24) is 14.5 Å². The molecule has 0 aliphatic carbocycles. The summed E-state index contributed by atoms with van der Waals surface area (Å²) in [7, 11) is 5.19. The zero-order chi connectivity index (χ0) is 16.4. The van der Waals surface area contributed by atoms with E-state index >= 15 is 0 Å². The molecule has 2 aromatic heterocycles. The Morgan fingerprint density at radius 3 is 2.39 bits per heavy atom. The molecule has 0 unspecified atom stereocenters. The van der Waals surface area contributed by atoms with E-state index in [1.54, 1.807) is 14.2 Å². The predicted molar refractivity (Wildman–Crippen MR) is 90.5 cm³/mol. The number of nitrogens with zero attached hydrogens (tertiary/aromatic N) is 3. The summed E-state index contributed by atoms with van der Waals surface area (Å²) < 4.78 is 13.1. The van der Waals surface area contributed by atoms with Gasteiger partial charge in [0.05, 0.1) is 31.8 Å². The number of rotatable bonds is 5. The summed E-state index contributed by atoms with van der Waals surface area (Å²) >= 11 is 0. The number of aryl methyl sites for hydroxylation is 1. The highest BCUT2D eigenvalue weighted by Crippen LogP contribution is 2.31. The van der Waals surface area contributed by atoms with Crippen molar-refractivity contribution in [2.75, 3.05) is 26.6 Å². The van der Waals surface area contributed by atoms with E-state index in [4.69, 9.17) is 9.47 Å². The number of nitrogens with one attached hydrogen (secondary N) is 1. The number of anilines is 1. The summed E-state index contributed by atoms with van der Waals surface area (Å²) in [6.45, 7) is 2.50. The molecule has 0 amide bonds. The van der Waals surface area contributed by atoms with E-state index in [9.17, 15) is 0 Å². The molecule has 0 saturated heterocycles. The second-order valence-corrected chi connectivity index (χ2v) is 5.19. The van der Waals surface area contributed by atoms with Gasteiger partial charge >= 0.3 is 0 Å². The molecular weight excluding hydrogens is 292 g/mol. The molecule has 0 radical (unpaired) electrons. The molecule has 0 atom stereocenters. The third-order valence-electron chi connectivity index (χ3n) is 3.82. The number of fused-ring (bicyclic) bond motifs is 1. The van der Waals surface area contributed by atoms with Crippen molar-refractivity contribution in [3.8, 4) is 11.5 Å². The summed E-state index contributed by atoms with van der Waals surface area (Å²) in [6, 6.07) is 7.78. The Balaban J connectivity index is 2.13. The molecule has 23 heavy (non-hydrogen) atoms. The largest absolute Gasteiger partial charge is 0.496 e. The minimum atomic E-state index is 0.609. The van der Waals surface area contributed by atoms with E-state index in [1.807, 2.05) is 44.4 Å². The Hall–Kier alpha value is -2.76. The molecule has 6 heteroatoms. The van der Waals surface area contributed by atoms with Gasteiger partial charge in [-0.05, 0) is 25.1 Å². The van der Waals surface area contributed by atoms with Crippen LogP contribution in [0, 0.1) is 6.92 Å². The van der Waals surface area contributed by atoms with Crippen LogP contribution in [0.3, 0.4) is 0 Å². The first-order valence-corrected chi connectivity index (χ1v) is 7.39. The first-order chi connectivity index (χ1) is 11.2. The maximum atomic E-state index is 5.48. The van der Waals surface area contributed by atoms with Crippen molar-refractivity contribution in [3.05, 3.63) is 41.9 Å². The van der Waals surface area contributed by atoms with Crippen LogP contribution < -0.4 is 14.8 Å². The molecule has 2 heterocycles. The van der Waals surface area contributed by atoms with E-state index in [-0.39, 0.29) is 0 Å². The van der Waals surface area contributed by atoms with Crippen molar-refractivity contribution in [2.45, 2.75) is 13.5 Å². The monoisotopic (exact) mass is 312 g/mol. The van der Waals surface area contributed by atoms with Gasteiger partial charge in [0.2, 0.25) is 0 Å². The molecule has 3 rings (SSSR count). The maximum Gasteiger partial charge on any atom is 0.154 e. The summed E-state index contributed by atoms with van der Waals surface area (Å²) in [6.07, 6.45) is 2.01. The Labute approximate surface area is 135 Å². The summed E-state index contributed by atoms with van der Waals surface area (Å²) in [5.41, 5.74) is 2.86. The molecule has 0 aliphatic rings. The van der Waals surface area contributed by atoms with Crippen LogP contribution in [-0.4, -0.2) is 35.8 Å². The summed E-state index contributed by atoms with van der Waals surface area (Å²) in [5.74, 6) is 3.15. The van der Waals surface area contributed by atoms with Crippen molar-refractivity contribution in [1.29, 1.82) is 0 Å². The molecule has 1 aromatic carbocycles. The van der Waals surface area contributed by atoms with Gasteiger partial charge in [-0.15, -0.1) is 0 Å². The van der Waals surface area contributed by atoms with Gasteiger partial charge in [-0.1, -0.05) is 6.07 Å². The standard InChI is InChI=1S/C17H20N4O2/c1-11-19-13-8-9-21(16(13)17(18-2)20-11)10-12-14(22-3)6-5-7-15(12)23-4/h5-9H,10H2,1-4H3,(H,18,19,20). The van der Waals surface area contributed by atoms with Crippen molar-refractivity contribution in [2.24, 2.45) is 0 Å². The smallest absolute Gasteiger partial charge is 0.154 e. The second kappa shape index (κ2) is 6.16. The van der Waals surface area contributed by atoms with E-state index < -0.39 is 0 Å². The number of hydrogen-bond donors (Lipinski definition) is 1. The number of aromatic nitrogens is 3. The summed E-state index contributed by atoms with van der Waals surface area (Å²) in [4.78, 5) is 8.97. The van der Waals surface area contributed by atoms with Crippen LogP contribution in [-0.2, 0) is 6.54 Å². The van der Waals surface area contributed by atoms with Crippen LogP contribution >= 0.6 is 0 Å². The topological polar surface area (TPSA) is 61.2 Å². The van der Waals surface area contributed by atoms with Crippen molar-refractivity contribution >= 4 is 16.9 Å². The van der Waals surface area contributed by atoms with Gasteiger partial charge in [0, 0.05) is 13.2 Å². The van der Waals surface area contributed by atoms with Gasteiger partial charge in [-0.3, -0.25) is 0 Å².